The zero-order valence-corrected chi connectivity index (χ0v) is 16.4. The molecule has 0 aromatic heterocycles. The minimum absolute atomic E-state index is 0.0804. The minimum Gasteiger partial charge on any atom is -0.375 e. The molecule has 1 spiro atoms. The molecular weight excluding hydrogens is 338 g/mol. The molecule has 1 N–H and O–H groups in total. The van der Waals surface area contributed by atoms with Gasteiger partial charge >= 0.3 is 6.03 Å². The molecule has 2 amide bonds. The number of piperidine rings is 2. The Kier molecular flexibility index (Phi) is 5.98. The van der Waals surface area contributed by atoms with Gasteiger partial charge in [-0.3, -0.25) is 0 Å². The SMILES string of the molecule is O=C(NCCN1CCC[C@@H](c2ccccc2)C1)N1CCC2(CCCO2)CC1. The molecule has 0 saturated carbocycles. The molecule has 0 aliphatic carbocycles. The lowest BCUT2D eigenvalue weighted by Gasteiger charge is -2.38. The molecule has 1 aromatic carbocycles. The van der Waals surface area contributed by atoms with E-state index < -0.39 is 0 Å². The van der Waals surface area contributed by atoms with Crippen molar-refractivity contribution in [3.05, 3.63) is 35.9 Å². The topological polar surface area (TPSA) is 44.8 Å². The van der Waals surface area contributed by atoms with E-state index in [0.29, 0.717) is 5.92 Å². The molecule has 3 aliphatic rings. The van der Waals surface area contributed by atoms with Gasteiger partial charge in [0, 0.05) is 39.3 Å². The lowest BCUT2D eigenvalue weighted by molar-refractivity contribution is -0.0361. The van der Waals surface area contributed by atoms with Crippen LogP contribution in [0.5, 0.6) is 0 Å². The number of nitrogens with one attached hydrogen (secondary N) is 1. The van der Waals surface area contributed by atoms with Crippen LogP contribution in [-0.2, 0) is 4.74 Å². The smallest absolute Gasteiger partial charge is 0.317 e. The number of carbonyl (C=O) groups is 1. The van der Waals surface area contributed by atoms with Crippen molar-refractivity contribution in [1.82, 2.24) is 15.1 Å². The van der Waals surface area contributed by atoms with Crippen molar-refractivity contribution in [1.29, 1.82) is 0 Å². The highest BCUT2D eigenvalue weighted by Gasteiger charge is 2.39. The van der Waals surface area contributed by atoms with Gasteiger partial charge in [-0.1, -0.05) is 30.3 Å². The van der Waals surface area contributed by atoms with E-state index in [-0.39, 0.29) is 11.6 Å². The molecule has 5 nitrogen and oxygen atoms in total. The molecule has 4 rings (SSSR count). The average molecular weight is 372 g/mol. The zero-order chi connectivity index (χ0) is 18.5. The molecule has 0 radical (unpaired) electrons. The highest BCUT2D eigenvalue weighted by Crippen LogP contribution is 2.35. The van der Waals surface area contributed by atoms with Gasteiger partial charge in [0.2, 0.25) is 0 Å². The van der Waals surface area contributed by atoms with Crippen LogP contribution in [0.3, 0.4) is 0 Å². The molecule has 3 heterocycles. The fraction of sp³-hybridized carbons (Fsp3) is 0.682. The molecule has 3 aliphatic heterocycles. The molecule has 1 atom stereocenters. The lowest BCUT2D eigenvalue weighted by Crippen LogP contribution is -2.50. The molecule has 5 heteroatoms. The van der Waals surface area contributed by atoms with Gasteiger partial charge in [-0.05, 0) is 56.6 Å². The Morgan fingerprint density at radius 2 is 1.93 bits per heavy atom. The minimum atomic E-state index is 0.0804. The van der Waals surface area contributed by atoms with Crippen LogP contribution in [0.25, 0.3) is 0 Å². The van der Waals surface area contributed by atoms with Gasteiger partial charge in [0.25, 0.3) is 0 Å². The van der Waals surface area contributed by atoms with Gasteiger partial charge in [-0.2, -0.15) is 0 Å². The molecule has 0 unspecified atom stereocenters. The quantitative estimate of drug-likeness (QED) is 0.884. The number of carbonyl (C=O) groups excluding carboxylic acids is 1. The van der Waals surface area contributed by atoms with E-state index in [1.54, 1.807) is 0 Å². The molecule has 0 bridgehead atoms. The standard InChI is InChI=1S/C22H33N3O2/c26-21(25-14-10-22(11-15-25)9-5-17-27-22)23-12-16-24-13-4-8-20(18-24)19-6-2-1-3-7-19/h1-3,6-7,20H,4-5,8-18H2,(H,23,26)/t20-/m1/s1. The number of likely N-dealkylation sites (tertiary alicyclic amines) is 2. The van der Waals surface area contributed by atoms with Crippen molar-refractivity contribution in [2.45, 2.75) is 50.0 Å². The van der Waals surface area contributed by atoms with Gasteiger partial charge in [-0.25, -0.2) is 4.79 Å². The fourth-order valence-electron chi connectivity index (χ4n) is 4.96. The summed E-state index contributed by atoms with van der Waals surface area (Å²) in [6.07, 6.45) is 6.83. The molecule has 3 fully saturated rings. The first kappa shape index (κ1) is 18.8. The van der Waals surface area contributed by atoms with E-state index in [2.05, 4.69) is 40.5 Å². The van der Waals surface area contributed by atoms with Crippen LogP contribution >= 0.6 is 0 Å². The zero-order valence-electron chi connectivity index (χ0n) is 16.4. The molecule has 3 saturated heterocycles. The van der Waals surface area contributed by atoms with Crippen molar-refractivity contribution >= 4 is 6.03 Å². The Morgan fingerprint density at radius 1 is 1.11 bits per heavy atom. The third kappa shape index (κ3) is 4.64. The van der Waals surface area contributed by atoms with Crippen LogP contribution in [-0.4, -0.2) is 67.3 Å². The first-order valence-corrected chi connectivity index (χ1v) is 10.7. The second-order valence-electron chi connectivity index (χ2n) is 8.40. The van der Waals surface area contributed by atoms with Crippen LogP contribution < -0.4 is 5.32 Å². The Bertz CT molecular complexity index is 605. The number of ether oxygens (including phenoxy) is 1. The predicted octanol–water partition coefficient (Wildman–Crippen LogP) is 3.22. The third-order valence-electron chi connectivity index (χ3n) is 6.63. The maximum absolute atomic E-state index is 12.5. The van der Waals surface area contributed by atoms with Gasteiger partial charge in [0.05, 0.1) is 5.60 Å². The van der Waals surface area contributed by atoms with Crippen LogP contribution in [0.1, 0.15) is 50.0 Å². The summed E-state index contributed by atoms with van der Waals surface area (Å²) in [5.41, 5.74) is 1.53. The highest BCUT2D eigenvalue weighted by atomic mass is 16.5. The van der Waals surface area contributed by atoms with Gasteiger partial charge < -0.3 is 19.9 Å². The maximum Gasteiger partial charge on any atom is 0.317 e. The molecule has 1 aromatic rings. The monoisotopic (exact) mass is 371 g/mol. The van der Waals surface area contributed by atoms with Gasteiger partial charge in [0.1, 0.15) is 0 Å². The number of urea groups is 1. The summed E-state index contributed by atoms with van der Waals surface area (Å²) in [5.74, 6) is 0.625. The van der Waals surface area contributed by atoms with Crippen molar-refractivity contribution in [3.63, 3.8) is 0 Å². The summed E-state index contributed by atoms with van der Waals surface area (Å²) < 4.78 is 5.95. The Labute approximate surface area is 163 Å². The van der Waals surface area contributed by atoms with E-state index in [1.165, 1.54) is 31.2 Å². The van der Waals surface area contributed by atoms with E-state index in [1.807, 2.05) is 4.90 Å². The number of benzene rings is 1. The Hall–Kier alpha value is -1.59. The third-order valence-corrected chi connectivity index (χ3v) is 6.63. The van der Waals surface area contributed by atoms with E-state index in [0.717, 1.165) is 58.7 Å². The van der Waals surface area contributed by atoms with E-state index in [9.17, 15) is 4.79 Å². The Morgan fingerprint density at radius 3 is 2.67 bits per heavy atom. The highest BCUT2D eigenvalue weighted by molar-refractivity contribution is 5.74. The first-order chi connectivity index (χ1) is 13.2. The summed E-state index contributed by atoms with van der Waals surface area (Å²) in [5, 5.41) is 3.14. The lowest BCUT2D eigenvalue weighted by atomic mass is 9.89. The second-order valence-corrected chi connectivity index (χ2v) is 8.40. The van der Waals surface area contributed by atoms with Crippen LogP contribution in [0.2, 0.25) is 0 Å². The molecular formula is C22H33N3O2. The van der Waals surface area contributed by atoms with Crippen LogP contribution in [0.15, 0.2) is 30.3 Å². The number of rotatable bonds is 4. The number of hydrogen-bond donors (Lipinski definition) is 1. The number of amides is 2. The maximum atomic E-state index is 12.5. The van der Waals surface area contributed by atoms with Crippen LogP contribution in [0.4, 0.5) is 4.79 Å². The van der Waals surface area contributed by atoms with Gasteiger partial charge in [-0.15, -0.1) is 0 Å². The summed E-state index contributed by atoms with van der Waals surface area (Å²) in [4.78, 5) is 17.0. The molecule has 27 heavy (non-hydrogen) atoms. The summed E-state index contributed by atoms with van der Waals surface area (Å²) in [6, 6.07) is 10.9. The van der Waals surface area contributed by atoms with Crippen molar-refractivity contribution in [2.24, 2.45) is 0 Å². The van der Waals surface area contributed by atoms with Crippen molar-refractivity contribution in [3.8, 4) is 0 Å². The fourth-order valence-corrected chi connectivity index (χ4v) is 4.96. The Balaban J connectivity index is 1.18. The predicted molar refractivity (Wildman–Crippen MR) is 107 cm³/mol. The average Bonchev–Trinajstić information content (AvgIpc) is 3.17. The van der Waals surface area contributed by atoms with Crippen molar-refractivity contribution < 1.29 is 9.53 Å². The van der Waals surface area contributed by atoms with Crippen LogP contribution in [0, 0.1) is 0 Å². The largest absolute Gasteiger partial charge is 0.375 e. The van der Waals surface area contributed by atoms with Gasteiger partial charge in [0.15, 0.2) is 0 Å². The normalized spacial score (nSPS) is 25.6. The van der Waals surface area contributed by atoms with E-state index in [4.69, 9.17) is 4.74 Å². The number of hydrogen-bond acceptors (Lipinski definition) is 3. The summed E-state index contributed by atoms with van der Waals surface area (Å²) in [6.45, 7) is 6.46. The first-order valence-electron chi connectivity index (χ1n) is 10.7. The second kappa shape index (κ2) is 8.61. The van der Waals surface area contributed by atoms with Crippen molar-refractivity contribution in [2.75, 3.05) is 45.9 Å². The summed E-state index contributed by atoms with van der Waals surface area (Å²) >= 11 is 0. The summed E-state index contributed by atoms with van der Waals surface area (Å²) in [7, 11) is 0. The number of nitrogens with zero attached hydrogens (tertiary/aromatic N) is 2. The van der Waals surface area contributed by atoms with E-state index >= 15 is 0 Å². The molecule has 148 valence electrons.